The molecule has 0 unspecified atom stereocenters. The number of ether oxygens (including phenoxy) is 1. The standard InChI is InChI=1S/C25H21N3O4S2/c1-3-28-17-11-16(9-10-19(17)32-12-20(28)30)18(29)13-33-25-26-23(31)22-21(14(2)34-24(22)27-25)15-7-5-4-6-8-15/h4-11H,3,12-13H2,1-2H3,(H,26,27,31). The van der Waals surface area contributed by atoms with Crippen molar-refractivity contribution in [2.24, 2.45) is 0 Å². The zero-order chi connectivity index (χ0) is 23.8. The fourth-order valence-corrected chi connectivity index (χ4v) is 5.92. The van der Waals surface area contributed by atoms with E-state index in [0.717, 1.165) is 16.0 Å². The van der Waals surface area contributed by atoms with Crippen molar-refractivity contribution in [1.29, 1.82) is 0 Å². The van der Waals surface area contributed by atoms with Crippen molar-refractivity contribution in [3.8, 4) is 16.9 Å². The first-order valence-electron chi connectivity index (χ1n) is 10.8. The Morgan fingerprint density at radius 2 is 2.00 bits per heavy atom. The van der Waals surface area contributed by atoms with Crippen molar-refractivity contribution in [3.63, 3.8) is 0 Å². The molecule has 9 heteroatoms. The van der Waals surface area contributed by atoms with Gasteiger partial charge in [0, 0.05) is 22.5 Å². The number of thiophene rings is 1. The molecular weight excluding hydrogens is 470 g/mol. The molecule has 2 aromatic carbocycles. The number of aromatic amines is 1. The molecule has 0 fully saturated rings. The number of ketones is 1. The van der Waals surface area contributed by atoms with Crippen LogP contribution < -0.4 is 15.2 Å². The van der Waals surface area contributed by atoms with Gasteiger partial charge in [0.15, 0.2) is 17.5 Å². The minimum Gasteiger partial charge on any atom is -0.482 e. The Morgan fingerprint density at radius 3 is 2.76 bits per heavy atom. The number of carbonyl (C=O) groups excluding carboxylic acids is 2. The van der Waals surface area contributed by atoms with E-state index >= 15 is 0 Å². The molecule has 0 saturated carbocycles. The predicted octanol–water partition coefficient (Wildman–Crippen LogP) is 4.68. The molecule has 1 amide bonds. The van der Waals surface area contributed by atoms with Crippen molar-refractivity contribution in [2.75, 3.05) is 23.8 Å². The largest absolute Gasteiger partial charge is 0.482 e. The normalized spacial score (nSPS) is 13.1. The van der Waals surface area contributed by atoms with Crippen molar-refractivity contribution >= 4 is 50.7 Å². The molecule has 2 aromatic heterocycles. The van der Waals surface area contributed by atoms with E-state index in [4.69, 9.17) is 4.74 Å². The minimum absolute atomic E-state index is 0.000321. The number of carbonyl (C=O) groups is 2. The number of thioether (sulfide) groups is 1. The quantitative estimate of drug-likeness (QED) is 0.239. The summed E-state index contributed by atoms with van der Waals surface area (Å²) in [4.78, 5) is 48.7. The molecule has 7 nitrogen and oxygen atoms in total. The van der Waals surface area contributed by atoms with Gasteiger partial charge in [0.05, 0.1) is 16.8 Å². The molecule has 0 saturated heterocycles. The highest BCUT2D eigenvalue weighted by Crippen LogP contribution is 2.36. The number of aryl methyl sites for hydroxylation is 1. The zero-order valence-electron chi connectivity index (χ0n) is 18.6. The number of nitrogens with zero attached hydrogens (tertiary/aromatic N) is 2. The van der Waals surface area contributed by atoms with Gasteiger partial charge in [0.1, 0.15) is 10.6 Å². The van der Waals surface area contributed by atoms with Crippen LogP contribution in [0, 0.1) is 6.92 Å². The third-order valence-corrected chi connectivity index (χ3v) is 7.53. The Bertz CT molecular complexity index is 1480. The van der Waals surface area contributed by atoms with Crippen molar-refractivity contribution in [1.82, 2.24) is 9.97 Å². The highest BCUT2D eigenvalue weighted by molar-refractivity contribution is 7.99. The van der Waals surface area contributed by atoms with Crippen LogP contribution in [0.3, 0.4) is 0 Å². The van der Waals surface area contributed by atoms with Crippen LogP contribution >= 0.6 is 23.1 Å². The number of amides is 1. The molecule has 4 aromatic rings. The van der Waals surface area contributed by atoms with Crippen LogP contribution in [-0.4, -0.2) is 40.6 Å². The lowest BCUT2D eigenvalue weighted by atomic mass is 10.0. The molecule has 0 radical (unpaired) electrons. The van der Waals surface area contributed by atoms with Crippen molar-refractivity contribution in [2.45, 2.75) is 19.0 Å². The molecule has 1 aliphatic rings. The van der Waals surface area contributed by atoms with Crippen LogP contribution in [0.2, 0.25) is 0 Å². The first-order valence-corrected chi connectivity index (χ1v) is 12.6. The molecule has 0 spiro atoms. The van der Waals surface area contributed by atoms with Crippen molar-refractivity contribution < 1.29 is 14.3 Å². The molecule has 3 heterocycles. The smallest absolute Gasteiger partial charge is 0.265 e. The third kappa shape index (κ3) is 4.01. The Balaban J connectivity index is 1.39. The monoisotopic (exact) mass is 491 g/mol. The first kappa shape index (κ1) is 22.4. The minimum atomic E-state index is -0.216. The van der Waals surface area contributed by atoms with Gasteiger partial charge in [-0.15, -0.1) is 11.3 Å². The van der Waals surface area contributed by atoms with Crippen LogP contribution in [0.25, 0.3) is 21.3 Å². The van der Waals surface area contributed by atoms with Crippen LogP contribution in [0.5, 0.6) is 5.75 Å². The zero-order valence-corrected chi connectivity index (χ0v) is 20.2. The number of nitrogens with one attached hydrogen (secondary N) is 1. The maximum atomic E-state index is 12.9. The van der Waals surface area contributed by atoms with E-state index in [2.05, 4.69) is 9.97 Å². The van der Waals surface area contributed by atoms with E-state index in [1.807, 2.05) is 44.2 Å². The Hall–Kier alpha value is -3.43. The summed E-state index contributed by atoms with van der Waals surface area (Å²) in [6.07, 6.45) is 0. The lowest BCUT2D eigenvalue weighted by Crippen LogP contribution is -2.38. The molecular formula is C25H21N3O4S2. The third-order valence-electron chi connectivity index (χ3n) is 5.66. The second kappa shape index (κ2) is 9.08. The van der Waals surface area contributed by atoms with Gasteiger partial charge in [-0.3, -0.25) is 14.4 Å². The Labute approximate surface area is 203 Å². The summed E-state index contributed by atoms with van der Waals surface area (Å²) in [5.74, 6) is 0.427. The SMILES string of the molecule is CCN1C(=O)COc2ccc(C(=O)CSc3nc4sc(C)c(-c5ccccc5)c4c(=O)[nH]3)cc21. The summed E-state index contributed by atoms with van der Waals surface area (Å²) < 4.78 is 5.47. The first-order chi connectivity index (χ1) is 16.5. The Morgan fingerprint density at radius 1 is 1.21 bits per heavy atom. The van der Waals surface area contributed by atoms with Crippen LogP contribution in [0.15, 0.2) is 58.5 Å². The van der Waals surface area contributed by atoms with Crippen LogP contribution in [0.4, 0.5) is 5.69 Å². The molecule has 34 heavy (non-hydrogen) atoms. The molecule has 172 valence electrons. The topological polar surface area (TPSA) is 92.4 Å². The average molecular weight is 492 g/mol. The average Bonchev–Trinajstić information content (AvgIpc) is 3.19. The number of benzene rings is 2. The summed E-state index contributed by atoms with van der Waals surface area (Å²) in [6, 6.07) is 14.9. The summed E-state index contributed by atoms with van der Waals surface area (Å²) in [5, 5.41) is 0.974. The van der Waals surface area contributed by atoms with E-state index in [1.165, 1.54) is 23.1 Å². The maximum Gasteiger partial charge on any atom is 0.265 e. The second-order valence-corrected chi connectivity index (χ2v) is 9.94. The van der Waals surface area contributed by atoms with Gasteiger partial charge in [-0.2, -0.15) is 0 Å². The molecule has 1 aliphatic heterocycles. The van der Waals surface area contributed by atoms with Gasteiger partial charge >= 0.3 is 0 Å². The maximum absolute atomic E-state index is 12.9. The number of Topliss-reactive ketones (excluding diaryl/α,β-unsaturated/α-hetero) is 1. The number of hydrogen-bond donors (Lipinski definition) is 1. The highest BCUT2D eigenvalue weighted by atomic mass is 32.2. The van der Waals surface area contributed by atoms with E-state index in [9.17, 15) is 14.4 Å². The van der Waals surface area contributed by atoms with E-state index in [0.29, 0.717) is 38.9 Å². The summed E-state index contributed by atoms with van der Waals surface area (Å²) >= 11 is 2.66. The molecule has 1 N–H and O–H groups in total. The molecule has 0 atom stereocenters. The number of anilines is 1. The number of fused-ring (bicyclic) bond motifs is 2. The van der Waals surface area contributed by atoms with Crippen LogP contribution in [-0.2, 0) is 4.79 Å². The lowest BCUT2D eigenvalue weighted by molar-refractivity contribution is -0.121. The van der Waals surface area contributed by atoms with Gasteiger partial charge in [0.2, 0.25) is 0 Å². The molecule has 5 rings (SSSR count). The second-order valence-electron chi connectivity index (χ2n) is 7.77. The Kier molecular flexibility index (Phi) is 5.97. The predicted molar refractivity (Wildman–Crippen MR) is 135 cm³/mol. The molecule has 0 bridgehead atoms. The lowest BCUT2D eigenvalue weighted by Gasteiger charge is -2.28. The van der Waals surface area contributed by atoms with Gasteiger partial charge in [-0.25, -0.2) is 4.98 Å². The van der Waals surface area contributed by atoms with E-state index < -0.39 is 0 Å². The number of hydrogen-bond acceptors (Lipinski definition) is 7. The number of rotatable bonds is 6. The van der Waals surface area contributed by atoms with Gasteiger partial charge in [0.25, 0.3) is 11.5 Å². The van der Waals surface area contributed by atoms with Gasteiger partial charge < -0.3 is 14.6 Å². The molecule has 0 aliphatic carbocycles. The van der Waals surface area contributed by atoms with Gasteiger partial charge in [-0.05, 0) is 37.6 Å². The summed E-state index contributed by atoms with van der Waals surface area (Å²) in [5.41, 5.74) is 2.74. The van der Waals surface area contributed by atoms with Gasteiger partial charge in [-0.1, -0.05) is 42.1 Å². The van der Waals surface area contributed by atoms with E-state index in [-0.39, 0.29) is 29.6 Å². The highest BCUT2D eigenvalue weighted by Gasteiger charge is 2.25. The van der Waals surface area contributed by atoms with E-state index in [1.54, 1.807) is 23.1 Å². The summed E-state index contributed by atoms with van der Waals surface area (Å²) in [7, 11) is 0. The van der Waals surface area contributed by atoms with Crippen LogP contribution in [0.1, 0.15) is 22.2 Å². The fourth-order valence-electron chi connectivity index (χ4n) is 4.06. The summed E-state index contributed by atoms with van der Waals surface area (Å²) in [6.45, 7) is 4.36. The number of likely N-dealkylation sites (N-methyl/N-ethyl adjacent to an activating group) is 1. The number of aromatic nitrogens is 2. The fraction of sp³-hybridized carbons (Fsp3) is 0.200. The number of H-pyrrole nitrogens is 1. The van der Waals surface area contributed by atoms with Crippen molar-refractivity contribution in [3.05, 3.63) is 69.3 Å².